The maximum absolute atomic E-state index is 10.7. The Morgan fingerprint density at radius 1 is 1.38 bits per heavy atom. The Kier molecular flexibility index (Phi) is 2.72. The van der Waals surface area contributed by atoms with E-state index in [1.54, 1.807) is 6.20 Å². The Morgan fingerprint density at radius 2 is 2.06 bits per heavy atom. The van der Waals surface area contributed by atoms with E-state index < -0.39 is 0 Å². The van der Waals surface area contributed by atoms with Crippen LogP contribution >= 0.6 is 0 Å². The number of aryl methyl sites for hydroxylation is 1. The summed E-state index contributed by atoms with van der Waals surface area (Å²) >= 11 is 0. The van der Waals surface area contributed by atoms with Crippen molar-refractivity contribution in [3.63, 3.8) is 0 Å². The van der Waals surface area contributed by atoms with E-state index in [2.05, 4.69) is 5.16 Å². The number of hydrogen-bond donors (Lipinski definition) is 1. The summed E-state index contributed by atoms with van der Waals surface area (Å²) in [6.07, 6.45) is 1.95. The summed E-state index contributed by atoms with van der Waals surface area (Å²) in [5.41, 5.74) is 8.01. The highest BCUT2D eigenvalue weighted by Gasteiger charge is 2.06. The van der Waals surface area contributed by atoms with Crippen molar-refractivity contribution >= 4 is 5.91 Å². The lowest BCUT2D eigenvalue weighted by Crippen LogP contribution is -2.13. The zero-order valence-electron chi connectivity index (χ0n) is 8.93. The molecule has 1 amide bonds. The van der Waals surface area contributed by atoms with Gasteiger partial charge >= 0.3 is 0 Å². The predicted octanol–water partition coefficient (Wildman–Crippen LogP) is 1.68. The van der Waals surface area contributed by atoms with Gasteiger partial charge in [0.1, 0.15) is 5.76 Å². The quantitative estimate of drug-likeness (QED) is 0.848. The number of carbonyl (C=O) groups is 1. The second-order valence-corrected chi connectivity index (χ2v) is 3.64. The van der Waals surface area contributed by atoms with Gasteiger partial charge in [-0.25, -0.2) is 0 Å². The molecule has 0 spiro atoms. The molecule has 0 radical (unpaired) electrons. The highest BCUT2D eigenvalue weighted by atomic mass is 16.5. The lowest BCUT2D eigenvalue weighted by molar-refractivity contribution is -0.117. The molecule has 0 aliphatic carbocycles. The van der Waals surface area contributed by atoms with Crippen LogP contribution in [0.25, 0.3) is 11.1 Å². The molecule has 0 saturated carbocycles. The number of benzene rings is 1. The van der Waals surface area contributed by atoms with Gasteiger partial charge in [0.05, 0.1) is 12.6 Å². The largest absolute Gasteiger partial charge is 0.369 e. The summed E-state index contributed by atoms with van der Waals surface area (Å²) in [5.74, 6) is 0.455. The van der Waals surface area contributed by atoms with Crippen molar-refractivity contribution in [1.29, 1.82) is 0 Å². The van der Waals surface area contributed by atoms with Crippen LogP contribution in [0.3, 0.4) is 0 Å². The standard InChI is InChI=1S/C12H12N2O2/c1-8-11(7-14-16-8)10-4-2-9(3-5-10)6-12(13)15/h2-5,7H,6H2,1H3,(H2,13,15). The Balaban J connectivity index is 2.26. The van der Waals surface area contributed by atoms with Gasteiger partial charge in [0.15, 0.2) is 0 Å². The van der Waals surface area contributed by atoms with Gasteiger partial charge in [-0.2, -0.15) is 0 Å². The van der Waals surface area contributed by atoms with Crippen molar-refractivity contribution in [2.24, 2.45) is 5.73 Å². The number of nitrogens with two attached hydrogens (primary N) is 1. The van der Waals surface area contributed by atoms with Gasteiger partial charge in [-0.15, -0.1) is 0 Å². The number of primary amides is 1. The van der Waals surface area contributed by atoms with Gasteiger partial charge in [0, 0.05) is 5.56 Å². The first kappa shape index (κ1) is 10.4. The zero-order valence-corrected chi connectivity index (χ0v) is 8.93. The normalized spacial score (nSPS) is 10.3. The maximum atomic E-state index is 10.7. The van der Waals surface area contributed by atoms with E-state index in [1.165, 1.54) is 0 Å². The summed E-state index contributed by atoms with van der Waals surface area (Å²) < 4.78 is 4.99. The van der Waals surface area contributed by atoms with Gasteiger partial charge < -0.3 is 10.3 Å². The van der Waals surface area contributed by atoms with Gasteiger partial charge in [-0.1, -0.05) is 29.4 Å². The molecule has 4 nitrogen and oxygen atoms in total. The molecule has 16 heavy (non-hydrogen) atoms. The molecule has 1 aromatic carbocycles. The fraction of sp³-hybridized carbons (Fsp3) is 0.167. The molecule has 2 rings (SSSR count). The van der Waals surface area contributed by atoms with Crippen LogP contribution in [0.2, 0.25) is 0 Å². The SMILES string of the molecule is Cc1oncc1-c1ccc(CC(N)=O)cc1. The first-order chi connectivity index (χ1) is 7.66. The third-order valence-electron chi connectivity index (χ3n) is 2.39. The number of hydrogen-bond acceptors (Lipinski definition) is 3. The van der Waals surface area contributed by atoms with Gasteiger partial charge in [-0.3, -0.25) is 4.79 Å². The fourth-order valence-corrected chi connectivity index (χ4v) is 1.58. The van der Waals surface area contributed by atoms with E-state index in [0.717, 1.165) is 22.5 Å². The monoisotopic (exact) mass is 216 g/mol. The summed E-state index contributed by atoms with van der Waals surface area (Å²) in [5, 5.41) is 3.72. The van der Waals surface area contributed by atoms with E-state index >= 15 is 0 Å². The van der Waals surface area contributed by atoms with Crippen LogP contribution in [-0.2, 0) is 11.2 Å². The number of nitrogens with zero attached hydrogens (tertiary/aromatic N) is 1. The van der Waals surface area contributed by atoms with Gasteiger partial charge in [0.25, 0.3) is 0 Å². The molecule has 0 aliphatic rings. The molecular formula is C12H12N2O2. The molecule has 82 valence electrons. The van der Waals surface area contributed by atoms with E-state index in [9.17, 15) is 4.79 Å². The minimum absolute atomic E-state index is 0.267. The lowest BCUT2D eigenvalue weighted by atomic mass is 10.0. The summed E-state index contributed by atoms with van der Waals surface area (Å²) in [4.78, 5) is 10.7. The van der Waals surface area contributed by atoms with Crippen molar-refractivity contribution in [2.75, 3.05) is 0 Å². The van der Waals surface area contributed by atoms with Crippen molar-refractivity contribution in [2.45, 2.75) is 13.3 Å². The highest BCUT2D eigenvalue weighted by molar-refractivity contribution is 5.77. The molecule has 0 atom stereocenters. The summed E-state index contributed by atoms with van der Waals surface area (Å²) in [6.45, 7) is 1.86. The minimum Gasteiger partial charge on any atom is -0.369 e. The molecule has 0 fully saturated rings. The molecular weight excluding hydrogens is 204 g/mol. The van der Waals surface area contributed by atoms with Crippen LogP contribution in [0.1, 0.15) is 11.3 Å². The maximum Gasteiger partial charge on any atom is 0.221 e. The third-order valence-corrected chi connectivity index (χ3v) is 2.39. The first-order valence-corrected chi connectivity index (χ1v) is 4.95. The molecule has 1 aromatic heterocycles. The number of rotatable bonds is 3. The first-order valence-electron chi connectivity index (χ1n) is 4.95. The second kappa shape index (κ2) is 4.18. The average Bonchev–Trinajstić information content (AvgIpc) is 2.65. The highest BCUT2D eigenvalue weighted by Crippen LogP contribution is 2.22. The number of aromatic nitrogens is 1. The smallest absolute Gasteiger partial charge is 0.221 e. The van der Waals surface area contributed by atoms with Crippen LogP contribution in [0.5, 0.6) is 0 Å². The van der Waals surface area contributed by atoms with Crippen LogP contribution in [0.4, 0.5) is 0 Å². The molecule has 4 heteroatoms. The fourth-order valence-electron chi connectivity index (χ4n) is 1.58. The lowest BCUT2D eigenvalue weighted by Gasteiger charge is -2.00. The molecule has 1 heterocycles. The predicted molar refractivity (Wildman–Crippen MR) is 59.6 cm³/mol. The number of amides is 1. The zero-order chi connectivity index (χ0) is 11.5. The average molecular weight is 216 g/mol. The Bertz CT molecular complexity index is 500. The van der Waals surface area contributed by atoms with Crippen molar-refractivity contribution in [3.8, 4) is 11.1 Å². The molecule has 2 N–H and O–H groups in total. The van der Waals surface area contributed by atoms with Crippen molar-refractivity contribution in [1.82, 2.24) is 5.16 Å². The minimum atomic E-state index is -0.325. The Hall–Kier alpha value is -2.10. The van der Waals surface area contributed by atoms with Crippen LogP contribution in [-0.4, -0.2) is 11.1 Å². The van der Waals surface area contributed by atoms with Gasteiger partial charge in [0.2, 0.25) is 5.91 Å². The third kappa shape index (κ3) is 2.11. The van der Waals surface area contributed by atoms with E-state index in [4.69, 9.17) is 10.3 Å². The van der Waals surface area contributed by atoms with Crippen LogP contribution in [0, 0.1) is 6.92 Å². The molecule has 0 saturated heterocycles. The molecule has 0 aliphatic heterocycles. The molecule has 0 bridgehead atoms. The number of carbonyl (C=O) groups excluding carboxylic acids is 1. The summed E-state index contributed by atoms with van der Waals surface area (Å²) in [7, 11) is 0. The van der Waals surface area contributed by atoms with Crippen LogP contribution < -0.4 is 5.73 Å². The Morgan fingerprint density at radius 3 is 2.56 bits per heavy atom. The van der Waals surface area contributed by atoms with Crippen LogP contribution in [0.15, 0.2) is 35.0 Å². The molecule has 0 unspecified atom stereocenters. The van der Waals surface area contributed by atoms with Crippen molar-refractivity contribution in [3.05, 3.63) is 41.8 Å². The van der Waals surface area contributed by atoms with Gasteiger partial charge in [-0.05, 0) is 18.1 Å². The topological polar surface area (TPSA) is 69.1 Å². The summed E-state index contributed by atoms with van der Waals surface area (Å²) in [6, 6.07) is 7.62. The van der Waals surface area contributed by atoms with Crippen molar-refractivity contribution < 1.29 is 9.32 Å². The van der Waals surface area contributed by atoms with E-state index in [1.807, 2.05) is 31.2 Å². The Labute approximate surface area is 93.1 Å². The van der Waals surface area contributed by atoms with E-state index in [-0.39, 0.29) is 12.3 Å². The molecule has 2 aromatic rings. The second-order valence-electron chi connectivity index (χ2n) is 3.64. The van der Waals surface area contributed by atoms with E-state index in [0.29, 0.717) is 0 Å².